The molecule has 0 amide bonds. The number of carbonyl (C=O) groups is 2. The van der Waals surface area contributed by atoms with Crippen LogP contribution in [-0.2, 0) is 28.5 Å². The molecule has 3 heterocycles. The van der Waals surface area contributed by atoms with E-state index in [9.17, 15) is 19.8 Å². The lowest BCUT2D eigenvalue weighted by atomic mass is 9.41. The van der Waals surface area contributed by atoms with Gasteiger partial charge in [-0.05, 0) is 37.2 Å². The van der Waals surface area contributed by atoms with Gasteiger partial charge in [-0.3, -0.25) is 9.59 Å². The fourth-order valence-corrected chi connectivity index (χ4v) is 7.33. The van der Waals surface area contributed by atoms with E-state index in [1.54, 1.807) is 18.6 Å². The summed E-state index contributed by atoms with van der Waals surface area (Å²) in [5.74, 6) is -1.73. The Kier molecular flexibility index (Phi) is 5.39. The molecule has 9 atom stereocenters. The zero-order chi connectivity index (χ0) is 23.6. The van der Waals surface area contributed by atoms with Crippen LogP contribution < -0.4 is 0 Å². The van der Waals surface area contributed by atoms with Crippen LogP contribution in [0.5, 0.6) is 0 Å². The number of aliphatic hydroxyl groups is 2. The van der Waals surface area contributed by atoms with Crippen molar-refractivity contribution in [1.29, 1.82) is 0 Å². The normalized spacial score (nSPS) is 46.2. The zero-order valence-electron chi connectivity index (χ0n) is 19.2. The van der Waals surface area contributed by atoms with Crippen molar-refractivity contribution < 1.29 is 43.2 Å². The van der Waals surface area contributed by atoms with E-state index in [2.05, 4.69) is 0 Å². The van der Waals surface area contributed by atoms with E-state index in [0.29, 0.717) is 25.9 Å². The van der Waals surface area contributed by atoms with Crippen molar-refractivity contribution in [1.82, 2.24) is 0 Å². The van der Waals surface area contributed by atoms with Crippen LogP contribution in [0.15, 0.2) is 23.0 Å². The molecule has 4 fully saturated rings. The SMILES string of the molecule is CC(=O)OC[C@]12[C@H](CCC[C@]13CO3)[C@@]1(C[C@@H](c3ccoc3)O[C@@H]1O)[C@H](C)[C@@H](O)[C@@H]2OC(C)=O. The molecule has 4 aliphatic rings. The monoisotopic (exact) mass is 464 g/mol. The summed E-state index contributed by atoms with van der Waals surface area (Å²) in [4.78, 5) is 24.1. The predicted octanol–water partition coefficient (Wildman–Crippen LogP) is 2.11. The highest BCUT2D eigenvalue weighted by Gasteiger charge is 2.79. The van der Waals surface area contributed by atoms with Gasteiger partial charge in [0.25, 0.3) is 0 Å². The molecule has 0 bridgehead atoms. The van der Waals surface area contributed by atoms with E-state index in [1.165, 1.54) is 13.8 Å². The third kappa shape index (κ3) is 3.12. The number of hydrogen-bond donors (Lipinski definition) is 2. The largest absolute Gasteiger partial charge is 0.472 e. The number of esters is 2. The van der Waals surface area contributed by atoms with Gasteiger partial charge in [0, 0.05) is 24.8 Å². The first-order valence-corrected chi connectivity index (χ1v) is 11.7. The molecule has 182 valence electrons. The summed E-state index contributed by atoms with van der Waals surface area (Å²) in [5, 5.41) is 23.0. The summed E-state index contributed by atoms with van der Waals surface area (Å²) in [6.45, 7) is 4.86. The van der Waals surface area contributed by atoms with Crippen LogP contribution in [0.4, 0.5) is 0 Å². The molecule has 0 radical (unpaired) electrons. The van der Waals surface area contributed by atoms with Gasteiger partial charge in [-0.1, -0.05) is 13.3 Å². The summed E-state index contributed by atoms with van der Waals surface area (Å²) in [6, 6.07) is 1.81. The summed E-state index contributed by atoms with van der Waals surface area (Å²) in [5.41, 5.74) is -1.76. The van der Waals surface area contributed by atoms with Crippen molar-refractivity contribution in [3.63, 3.8) is 0 Å². The Morgan fingerprint density at radius 1 is 1.24 bits per heavy atom. The molecular weight excluding hydrogens is 432 g/mol. The van der Waals surface area contributed by atoms with Gasteiger partial charge >= 0.3 is 11.9 Å². The minimum Gasteiger partial charge on any atom is -0.472 e. The first kappa shape index (κ1) is 22.8. The van der Waals surface area contributed by atoms with Crippen LogP contribution in [0.1, 0.15) is 58.1 Å². The number of ether oxygens (including phenoxy) is 4. The third-order valence-corrected chi connectivity index (χ3v) is 8.88. The predicted molar refractivity (Wildman–Crippen MR) is 111 cm³/mol. The van der Waals surface area contributed by atoms with E-state index < -0.39 is 58.9 Å². The molecule has 1 aromatic heterocycles. The van der Waals surface area contributed by atoms with Crippen LogP contribution in [0, 0.1) is 22.7 Å². The molecule has 33 heavy (non-hydrogen) atoms. The Labute approximate surface area is 192 Å². The fraction of sp³-hybridized carbons (Fsp3) is 0.750. The van der Waals surface area contributed by atoms with Gasteiger partial charge in [0.15, 0.2) is 6.29 Å². The van der Waals surface area contributed by atoms with E-state index in [-0.39, 0.29) is 12.5 Å². The fourth-order valence-electron chi connectivity index (χ4n) is 7.33. The average Bonchev–Trinajstić information content (AvgIpc) is 3.19. The maximum absolute atomic E-state index is 12.2. The molecule has 2 saturated carbocycles. The van der Waals surface area contributed by atoms with E-state index >= 15 is 0 Å². The Hall–Kier alpha value is -1.94. The van der Waals surface area contributed by atoms with Crippen molar-refractivity contribution in [2.75, 3.05) is 13.2 Å². The maximum Gasteiger partial charge on any atom is 0.303 e. The molecule has 2 spiro atoms. The molecule has 1 aromatic rings. The summed E-state index contributed by atoms with van der Waals surface area (Å²) < 4.78 is 28.7. The molecule has 0 unspecified atom stereocenters. The lowest BCUT2D eigenvalue weighted by molar-refractivity contribution is -0.293. The van der Waals surface area contributed by atoms with Crippen LogP contribution >= 0.6 is 0 Å². The van der Waals surface area contributed by atoms with Crippen molar-refractivity contribution in [2.45, 2.75) is 76.7 Å². The molecule has 2 N–H and O–H groups in total. The number of carbonyl (C=O) groups excluding carboxylic acids is 2. The van der Waals surface area contributed by atoms with Crippen LogP contribution in [0.3, 0.4) is 0 Å². The molecule has 2 saturated heterocycles. The Morgan fingerprint density at radius 2 is 2.00 bits per heavy atom. The minimum absolute atomic E-state index is 0.0699. The van der Waals surface area contributed by atoms with Crippen molar-refractivity contribution in [3.05, 3.63) is 24.2 Å². The number of fused-ring (bicyclic) bond motifs is 3. The van der Waals surface area contributed by atoms with Crippen molar-refractivity contribution in [3.8, 4) is 0 Å². The van der Waals surface area contributed by atoms with E-state index in [0.717, 1.165) is 12.0 Å². The first-order valence-electron chi connectivity index (χ1n) is 11.7. The maximum atomic E-state index is 12.2. The molecule has 9 nitrogen and oxygen atoms in total. The molecular formula is C24H32O9. The third-order valence-electron chi connectivity index (χ3n) is 8.88. The molecule has 2 aliphatic heterocycles. The number of rotatable bonds is 4. The van der Waals surface area contributed by atoms with Gasteiger partial charge in [0.05, 0.1) is 36.8 Å². The Balaban J connectivity index is 1.65. The van der Waals surface area contributed by atoms with Gasteiger partial charge in [-0.15, -0.1) is 0 Å². The molecule has 5 rings (SSSR count). The highest BCUT2D eigenvalue weighted by atomic mass is 16.6. The van der Waals surface area contributed by atoms with Crippen LogP contribution in [0.25, 0.3) is 0 Å². The lowest BCUT2D eigenvalue weighted by Gasteiger charge is -2.64. The number of aliphatic hydroxyl groups excluding tert-OH is 2. The second-order valence-electron chi connectivity index (χ2n) is 10.2. The van der Waals surface area contributed by atoms with Gasteiger partial charge in [-0.2, -0.15) is 0 Å². The zero-order valence-corrected chi connectivity index (χ0v) is 19.2. The van der Waals surface area contributed by atoms with Crippen LogP contribution in [0.2, 0.25) is 0 Å². The van der Waals surface area contributed by atoms with Gasteiger partial charge in [-0.25, -0.2) is 0 Å². The highest BCUT2D eigenvalue weighted by Crippen LogP contribution is 2.72. The first-order chi connectivity index (χ1) is 15.7. The standard InChI is InChI=1S/C24H32O9/c1-13-19(27)20(32-15(3)26)24(12-30-14(2)25)18(5-4-7-22(24)11-31-22)23(13)9-17(33-21(23)28)16-6-8-29-10-16/h6,8,10,13,17-21,27-28H,4-5,7,9,11-12H2,1-3H3/t13-,17+,18-,19-,20+,21+,22+,23-,24-/m1/s1. The van der Waals surface area contributed by atoms with Crippen molar-refractivity contribution >= 4 is 11.9 Å². The molecule has 0 aromatic carbocycles. The smallest absolute Gasteiger partial charge is 0.303 e. The topological polar surface area (TPSA) is 128 Å². The van der Waals surface area contributed by atoms with Gasteiger partial charge < -0.3 is 33.6 Å². The lowest BCUT2D eigenvalue weighted by Crippen LogP contribution is -2.73. The van der Waals surface area contributed by atoms with E-state index in [1.807, 2.05) is 6.92 Å². The molecule has 2 aliphatic carbocycles. The van der Waals surface area contributed by atoms with E-state index in [4.69, 9.17) is 23.4 Å². The van der Waals surface area contributed by atoms with Gasteiger partial charge in [0.1, 0.15) is 18.3 Å². The summed E-state index contributed by atoms with van der Waals surface area (Å²) in [6.07, 6.45) is 2.20. The number of furan rings is 1. The second-order valence-corrected chi connectivity index (χ2v) is 10.2. The highest BCUT2D eigenvalue weighted by molar-refractivity contribution is 5.67. The minimum atomic E-state index is -1.17. The Morgan fingerprint density at radius 3 is 2.61 bits per heavy atom. The summed E-state index contributed by atoms with van der Waals surface area (Å²) >= 11 is 0. The number of hydrogen-bond acceptors (Lipinski definition) is 9. The second kappa shape index (κ2) is 7.80. The number of epoxide rings is 1. The summed E-state index contributed by atoms with van der Waals surface area (Å²) in [7, 11) is 0. The molecule has 9 heteroatoms. The van der Waals surface area contributed by atoms with Crippen molar-refractivity contribution in [2.24, 2.45) is 22.7 Å². The Bertz CT molecular complexity index is 909. The van der Waals surface area contributed by atoms with Gasteiger partial charge in [0.2, 0.25) is 0 Å². The quantitative estimate of drug-likeness (QED) is 0.508. The average molecular weight is 465 g/mol. The van der Waals surface area contributed by atoms with Crippen LogP contribution in [-0.4, -0.2) is 59.5 Å².